The van der Waals surface area contributed by atoms with Gasteiger partial charge in [-0.15, -0.1) is 0 Å². The molecule has 0 saturated carbocycles. The van der Waals surface area contributed by atoms with Crippen molar-refractivity contribution < 1.29 is 8.91 Å². The molecule has 4 heteroatoms. The molecule has 68 valence electrons. The van der Waals surface area contributed by atoms with Crippen LogP contribution in [0, 0.1) is 12.7 Å². The summed E-state index contributed by atoms with van der Waals surface area (Å²) < 4.78 is 18.1. The average molecular weight is 180 g/mol. The van der Waals surface area contributed by atoms with Crippen molar-refractivity contribution in [3.05, 3.63) is 23.6 Å². The number of aromatic nitrogens is 1. The maximum absolute atomic E-state index is 13.2. The Morgan fingerprint density at radius 1 is 1.46 bits per heavy atom. The Labute approximate surface area is 74.5 Å². The second kappa shape index (κ2) is 2.73. The Balaban J connectivity index is 2.77. The molecular weight excluding hydrogens is 171 g/mol. The van der Waals surface area contributed by atoms with Crippen LogP contribution in [0.25, 0.3) is 11.0 Å². The second-order valence-corrected chi connectivity index (χ2v) is 2.85. The van der Waals surface area contributed by atoms with Gasteiger partial charge in [0.25, 0.3) is 0 Å². The maximum atomic E-state index is 13.2. The largest absolute Gasteiger partial charge is 0.386 e. The van der Waals surface area contributed by atoms with E-state index in [0.717, 1.165) is 11.1 Å². The molecule has 0 fully saturated rings. The highest BCUT2D eigenvalue weighted by Crippen LogP contribution is 2.24. The number of hydrogen-bond acceptors (Lipinski definition) is 3. The van der Waals surface area contributed by atoms with Crippen molar-refractivity contribution in [1.29, 1.82) is 0 Å². The van der Waals surface area contributed by atoms with E-state index in [1.807, 2.05) is 6.92 Å². The van der Waals surface area contributed by atoms with Gasteiger partial charge < -0.3 is 9.84 Å². The van der Waals surface area contributed by atoms with Gasteiger partial charge in [0.1, 0.15) is 5.82 Å². The molecule has 0 aliphatic heterocycles. The molecular formula is C9H9FN2O. The van der Waals surface area contributed by atoms with Gasteiger partial charge >= 0.3 is 0 Å². The Bertz CT molecular complexity index is 450. The van der Waals surface area contributed by atoms with Crippen LogP contribution in [0.5, 0.6) is 0 Å². The van der Waals surface area contributed by atoms with E-state index in [0.29, 0.717) is 11.3 Å². The van der Waals surface area contributed by atoms with E-state index < -0.39 is 0 Å². The van der Waals surface area contributed by atoms with E-state index in [-0.39, 0.29) is 5.82 Å². The number of anilines is 1. The lowest BCUT2D eigenvalue weighted by atomic mass is 10.2. The number of benzene rings is 1. The topological polar surface area (TPSA) is 38.1 Å². The van der Waals surface area contributed by atoms with Crippen molar-refractivity contribution in [3.8, 4) is 0 Å². The van der Waals surface area contributed by atoms with Crippen molar-refractivity contribution in [1.82, 2.24) is 5.16 Å². The molecule has 0 unspecified atom stereocenters. The van der Waals surface area contributed by atoms with Gasteiger partial charge in [-0.1, -0.05) is 5.16 Å². The predicted molar refractivity (Wildman–Crippen MR) is 48.3 cm³/mol. The van der Waals surface area contributed by atoms with Gasteiger partial charge in [0, 0.05) is 18.5 Å². The van der Waals surface area contributed by atoms with Gasteiger partial charge in [-0.2, -0.15) is 0 Å². The summed E-state index contributed by atoms with van der Waals surface area (Å²) in [6.07, 6.45) is 0. The van der Waals surface area contributed by atoms with Crippen LogP contribution in [0.15, 0.2) is 16.7 Å². The first-order valence-corrected chi connectivity index (χ1v) is 3.95. The number of hydrogen-bond donors (Lipinski definition) is 1. The maximum Gasteiger partial charge on any atom is 0.170 e. The van der Waals surface area contributed by atoms with E-state index in [9.17, 15) is 4.39 Å². The quantitative estimate of drug-likeness (QED) is 0.731. The number of nitrogens with one attached hydrogen (secondary N) is 1. The van der Waals surface area contributed by atoms with Crippen molar-refractivity contribution in [3.63, 3.8) is 0 Å². The summed E-state index contributed by atoms with van der Waals surface area (Å²) in [5.74, 6) is -0.328. The van der Waals surface area contributed by atoms with E-state index in [4.69, 9.17) is 4.52 Å². The third-order valence-corrected chi connectivity index (χ3v) is 2.01. The third kappa shape index (κ3) is 1.14. The smallest absolute Gasteiger partial charge is 0.170 e. The van der Waals surface area contributed by atoms with Crippen LogP contribution in [0.4, 0.5) is 10.1 Å². The van der Waals surface area contributed by atoms with Crippen LogP contribution in [-0.4, -0.2) is 12.2 Å². The zero-order valence-electron chi connectivity index (χ0n) is 7.39. The minimum absolute atomic E-state index is 0.328. The molecule has 0 atom stereocenters. The van der Waals surface area contributed by atoms with Gasteiger partial charge in [-0.25, -0.2) is 4.39 Å². The molecule has 2 rings (SSSR count). The molecule has 0 bridgehead atoms. The molecule has 0 amide bonds. The number of aryl methyl sites for hydroxylation is 1. The lowest BCUT2D eigenvalue weighted by Gasteiger charge is -2.00. The summed E-state index contributed by atoms with van der Waals surface area (Å²) in [5, 5.41) is 7.34. The summed E-state index contributed by atoms with van der Waals surface area (Å²) in [6, 6.07) is 3.03. The molecule has 1 heterocycles. The van der Waals surface area contributed by atoms with Gasteiger partial charge in [0.05, 0.1) is 11.4 Å². The van der Waals surface area contributed by atoms with Crippen LogP contribution in [0.1, 0.15) is 5.69 Å². The summed E-state index contributed by atoms with van der Waals surface area (Å²) in [7, 11) is 1.67. The molecule has 1 N–H and O–H groups in total. The van der Waals surface area contributed by atoms with Crippen molar-refractivity contribution in [2.24, 2.45) is 0 Å². The second-order valence-electron chi connectivity index (χ2n) is 2.85. The van der Waals surface area contributed by atoms with Gasteiger partial charge in [0.15, 0.2) is 5.58 Å². The average Bonchev–Trinajstić information content (AvgIpc) is 2.46. The lowest BCUT2D eigenvalue weighted by Crippen LogP contribution is -1.91. The first-order valence-electron chi connectivity index (χ1n) is 3.95. The van der Waals surface area contributed by atoms with Crippen molar-refractivity contribution >= 4 is 16.7 Å². The fraction of sp³-hybridized carbons (Fsp3) is 0.222. The number of rotatable bonds is 1. The van der Waals surface area contributed by atoms with Crippen LogP contribution in [0.2, 0.25) is 0 Å². The Morgan fingerprint density at radius 2 is 2.23 bits per heavy atom. The summed E-state index contributed by atoms with van der Waals surface area (Å²) in [4.78, 5) is 0. The van der Waals surface area contributed by atoms with Crippen LogP contribution >= 0.6 is 0 Å². The van der Waals surface area contributed by atoms with Gasteiger partial charge in [-0.3, -0.25) is 0 Å². The number of nitrogens with zero attached hydrogens (tertiary/aromatic N) is 1. The van der Waals surface area contributed by atoms with Crippen LogP contribution in [0.3, 0.4) is 0 Å². The number of halogens is 1. The van der Waals surface area contributed by atoms with E-state index in [2.05, 4.69) is 10.5 Å². The highest BCUT2D eigenvalue weighted by Gasteiger charge is 2.08. The summed E-state index contributed by atoms with van der Waals surface area (Å²) in [5.41, 5.74) is 1.71. The molecule has 3 nitrogen and oxygen atoms in total. The first-order chi connectivity index (χ1) is 6.22. The SMILES string of the molecule is CNc1cc2c(C)noc2cc1F. The Morgan fingerprint density at radius 3 is 2.92 bits per heavy atom. The normalized spacial score (nSPS) is 10.7. The highest BCUT2D eigenvalue weighted by atomic mass is 19.1. The molecule has 0 radical (unpaired) electrons. The molecule has 0 aliphatic carbocycles. The zero-order chi connectivity index (χ0) is 9.42. The van der Waals surface area contributed by atoms with E-state index >= 15 is 0 Å². The minimum atomic E-state index is -0.328. The molecule has 0 aliphatic rings. The lowest BCUT2D eigenvalue weighted by molar-refractivity contribution is 0.449. The summed E-state index contributed by atoms with van der Waals surface area (Å²) >= 11 is 0. The van der Waals surface area contributed by atoms with Crippen molar-refractivity contribution in [2.45, 2.75) is 6.92 Å². The molecule has 1 aromatic carbocycles. The monoisotopic (exact) mass is 180 g/mol. The highest BCUT2D eigenvalue weighted by molar-refractivity contribution is 5.83. The van der Waals surface area contributed by atoms with Crippen LogP contribution in [-0.2, 0) is 0 Å². The van der Waals surface area contributed by atoms with Crippen molar-refractivity contribution in [2.75, 3.05) is 12.4 Å². The molecule has 1 aromatic heterocycles. The fourth-order valence-electron chi connectivity index (χ4n) is 1.27. The fourth-order valence-corrected chi connectivity index (χ4v) is 1.27. The van der Waals surface area contributed by atoms with E-state index in [1.165, 1.54) is 6.07 Å². The Hall–Kier alpha value is -1.58. The summed E-state index contributed by atoms with van der Waals surface area (Å²) in [6.45, 7) is 1.82. The zero-order valence-corrected chi connectivity index (χ0v) is 7.39. The first kappa shape index (κ1) is 8.04. The Kier molecular flexibility index (Phi) is 1.69. The molecule has 13 heavy (non-hydrogen) atoms. The molecule has 2 aromatic rings. The molecule has 0 spiro atoms. The third-order valence-electron chi connectivity index (χ3n) is 2.01. The standard InChI is InChI=1S/C9H9FN2O/c1-5-6-3-8(11-2)7(10)4-9(6)13-12-5/h3-4,11H,1-2H3. The van der Waals surface area contributed by atoms with Gasteiger partial charge in [0.2, 0.25) is 0 Å². The van der Waals surface area contributed by atoms with Crippen LogP contribution < -0.4 is 5.32 Å². The predicted octanol–water partition coefficient (Wildman–Crippen LogP) is 2.32. The van der Waals surface area contributed by atoms with E-state index in [1.54, 1.807) is 13.1 Å². The molecule has 0 saturated heterocycles. The van der Waals surface area contributed by atoms with Gasteiger partial charge in [-0.05, 0) is 13.0 Å². The minimum Gasteiger partial charge on any atom is -0.386 e. The number of fused-ring (bicyclic) bond motifs is 1.